The average Bonchev–Trinajstić information content (AvgIpc) is 4.12. The van der Waals surface area contributed by atoms with Gasteiger partial charge in [0.25, 0.3) is 0 Å². The van der Waals surface area contributed by atoms with Crippen LogP contribution in [0.1, 0.15) is 44.5 Å². The Morgan fingerprint density at radius 3 is 1.15 bits per heavy atom. The van der Waals surface area contributed by atoms with Crippen LogP contribution in [0.3, 0.4) is 0 Å². The topological polar surface area (TPSA) is 3.24 Å². The molecular weight excluding hydrogens is 887 g/mol. The summed E-state index contributed by atoms with van der Waals surface area (Å²) in [6.45, 7) is 0. The van der Waals surface area contributed by atoms with E-state index in [1.807, 2.05) is 11.3 Å². The first-order valence-electron chi connectivity index (χ1n) is 24.9. The molecule has 0 unspecified atom stereocenters. The van der Waals surface area contributed by atoms with Crippen LogP contribution in [0.4, 0.5) is 17.1 Å². The summed E-state index contributed by atoms with van der Waals surface area (Å²) in [6.07, 6.45) is 0. The molecule has 0 spiro atoms. The van der Waals surface area contributed by atoms with Gasteiger partial charge in [0, 0.05) is 26.6 Å². The second kappa shape index (κ2) is 16.9. The molecule has 11 aromatic carbocycles. The van der Waals surface area contributed by atoms with Crippen LogP contribution in [0.25, 0.3) is 53.9 Å². The lowest BCUT2D eigenvalue weighted by Gasteiger charge is -2.34. The molecule has 0 fully saturated rings. The maximum Gasteiger partial charge on any atom is 0.0713 e. The Balaban J connectivity index is 0.987. The predicted molar refractivity (Wildman–Crippen MR) is 302 cm³/mol. The lowest BCUT2D eigenvalue weighted by molar-refractivity contribution is 0.768. The van der Waals surface area contributed by atoms with Crippen molar-refractivity contribution in [2.45, 2.75) is 10.8 Å². The molecule has 1 nitrogen and oxygen atoms in total. The van der Waals surface area contributed by atoms with Gasteiger partial charge in [-0.2, -0.15) is 0 Å². The van der Waals surface area contributed by atoms with Crippen molar-refractivity contribution in [2.24, 2.45) is 0 Å². The SMILES string of the molecule is c1ccc(-c2cccc(-c3cc4cc(N(c5ccc6c(c5)-c5ccccc5C6(c5ccccc5)c5ccccc5)c5ccc6c(c5)-c5ccccc5C6(c5ccccc5)c5ccccc5)ccc4s3)c2)cc1. The third kappa shape index (κ3) is 6.39. The van der Waals surface area contributed by atoms with E-state index in [9.17, 15) is 0 Å². The minimum Gasteiger partial charge on any atom is -0.310 e. The Morgan fingerprint density at radius 2 is 0.653 bits per heavy atom. The molecule has 72 heavy (non-hydrogen) atoms. The minimum atomic E-state index is -0.489. The monoisotopic (exact) mass is 933 g/mol. The van der Waals surface area contributed by atoms with Gasteiger partial charge >= 0.3 is 0 Å². The zero-order chi connectivity index (χ0) is 47.6. The van der Waals surface area contributed by atoms with Gasteiger partial charge in [0.05, 0.1) is 10.8 Å². The summed E-state index contributed by atoms with van der Waals surface area (Å²) in [5, 5.41) is 1.22. The highest BCUT2D eigenvalue weighted by Crippen LogP contribution is 2.59. The number of benzene rings is 11. The Bertz CT molecular complexity index is 3710. The number of rotatable bonds is 9. The van der Waals surface area contributed by atoms with Crippen molar-refractivity contribution in [3.63, 3.8) is 0 Å². The molecule has 14 rings (SSSR count). The fourth-order valence-corrected chi connectivity index (χ4v) is 13.4. The van der Waals surface area contributed by atoms with Crippen molar-refractivity contribution in [3.8, 4) is 43.8 Å². The highest BCUT2D eigenvalue weighted by atomic mass is 32.1. The van der Waals surface area contributed by atoms with E-state index in [1.165, 1.54) is 98.4 Å². The molecule has 0 atom stereocenters. The van der Waals surface area contributed by atoms with Crippen molar-refractivity contribution in [1.29, 1.82) is 0 Å². The summed E-state index contributed by atoms with van der Waals surface area (Å²) in [5.41, 5.74) is 21.3. The van der Waals surface area contributed by atoms with Crippen LogP contribution < -0.4 is 4.90 Å². The fraction of sp³-hybridized carbons (Fsp3) is 0.0286. The van der Waals surface area contributed by atoms with Gasteiger partial charge in [-0.15, -0.1) is 11.3 Å². The van der Waals surface area contributed by atoms with Gasteiger partial charge in [0.2, 0.25) is 0 Å². The Hall–Kier alpha value is -8.82. The van der Waals surface area contributed by atoms with E-state index in [0.717, 1.165) is 17.1 Å². The third-order valence-corrected chi connectivity index (χ3v) is 16.6. The lowest BCUT2D eigenvalue weighted by atomic mass is 9.67. The maximum atomic E-state index is 2.49. The highest BCUT2D eigenvalue weighted by Gasteiger charge is 2.48. The van der Waals surface area contributed by atoms with Gasteiger partial charge in [0.15, 0.2) is 0 Å². The molecule has 12 aromatic rings. The maximum absolute atomic E-state index is 2.49. The molecule has 0 radical (unpaired) electrons. The van der Waals surface area contributed by atoms with E-state index in [-0.39, 0.29) is 0 Å². The number of thiophene rings is 1. The van der Waals surface area contributed by atoms with Gasteiger partial charge < -0.3 is 4.90 Å². The van der Waals surface area contributed by atoms with Crippen molar-refractivity contribution >= 4 is 38.5 Å². The summed E-state index contributed by atoms with van der Waals surface area (Å²) in [7, 11) is 0. The van der Waals surface area contributed by atoms with E-state index < -0.39 is 10.8 Å². The number of hydrogen-bond acceptors (Lipinski definition) is 2. The van der Waals surface area contributed by atoms with E-state index in [0.29, 0.717) is 0 Å². The standard InChI is InChI=1S/C70H47NS/c1-6-21-48(22-7-1)49-23-20-24-50(43-49)68-45-51-44-56(39-42-67(51)72-68)71(57-37-40-65-61(46-57)59-33-16-18-35-63(59)69(65,52-25-8-2-9-26-52)53-27-10-3-11-28-53)58-38-41-66-62(47-58)60-34-17-19-36-64(60)70(66,54-29-12-4-13-30-54)55-31-14-5-15-32-55/h1-47H. The van der Waals surface area contributed by atoms with Crippen molar-refractivity contribution in [1.82, 2.24) is 0 Å². The molecule has 2 aliphatic carbocycles. The van der Waals surface area contributed by atoms with Crippen LogP contribution in [0.15, 0.2) is 285 Å². The first kappa shape index (κ1) is 42.1. The normalized spacial score (nSPS) is 13.5. The Labute approximate surface area is 425 Å². The summed E-state index contributed by atoms with van der Waals surface area (Å²) in [5.74, 6) is 0. The fourth-order valence-electron chi connectivity index (χ4n) is 12.4. The second-order valence-corrected chi connectivity index (χ2v) is 20.2. The molecular formula is C70H47NS. The van der Waals surface area contributed by atoms with Crippen LogP contribution in [-0.4, -0.2) is 0 Å². The second-order valence-electron chi connectivity index (χ2n) is 19.1. The zero-order valence-corrected chi connectivity index (χ0v) is 40.3. The van der Waals surface area contributed by atoms with E-state index >= 15 is 0 Å². The van der Waals surface area contributed by atoms with Crippen LogP contribution in [0, 0.1) is 0 Å². The molecule has 0 N–H and O–H groups in total. The number of anilines is 3. The summed E-state index contributed by atoms with van der Waals surface area (Å²) in [4.78, 5) is 3.75. The van der Waals surface area contributed by atoms with Crippen molar-refractivity contribution in [2.75, 3.05) is 4.90 Å². The molecule has 0 saturated heterocycles. The van der Waals surface area contributed by atoms with Crippen molar-refractivity contribution < 1.29 is 0 Å². The van der Waals surface area contributed by atoms with Crippen LogP contribution in [-0.2, 0) is 10.8 Å². The molecule has 1 heterocycles. The molecule has 1 aromatic heterocycles. The van der Waals surface area contributed by atoms with Gasteiger partial charge in [-0.25, -0.2) is 0 Å². The molecule has 2 aliphatic rings. The minimum absolute atomic E-state index is 0.489. The predicted octanol–water partition coefficient (Wildman–Crippen LogP) is 18.4. The van der Waals surface area contributed by atoms with Crippen LogP contribution in [0.5, 0.6) is 0 Å². The van der Waals surface area contributed by atoms with Gasteiger partial charge in [-0.1, -0.05) is 231 Å². The lowest BCUT2D eigenvalue weighted by Crippen LogP contribution is -2.28. The first-order chi connectivity index (χ1) is 35.7. The van der Waals surface area contributed by atoms with E-state index in [4.69, 9.17) is 0 Å². The van der Waals surface area contributed by atoms with Crippen molar-refractivity contribution in [3.05, 3.63) is 330 Å². The molecule has 0 amide bonds. The molecule has 338 valence electrons. The van der Waals surface area contributed by atoms with Crippen LogP contribution >= 0.6 is 11.3 Å². The quantitative estimate of drug-likeness (QED) is 0.139. The average molecular weight is 934 g/mol. The van der Waals surface area contributed by atoms with E-state index in [1.54, 1.807) is 0 Å². The number of nitrogens with zero attached hydrogens (tertiary/aromatic N) is 1. The third-order valence-electron chi connectivity index (χ3n) is 15.4. The van der Waals surface area contributed by atoms with Gasteiger partial charge in [0.1, 0.15) is 0 Å². The molecule has 2 heteroatoms. The largest absolute Gasteiger partial charge is 0.310 e. The highest BCUT2D eigenvalue weighted by molar-refractivity contribution is 7.22. The van der Waals surface area contributed by atoms with Gasteiger partial charge in [-0.05, 0) is 143 Å². The molecule has 0 bridgehead atoms. The molecule has 0 aliphatic heterocycles. The summed E-state index contributed by atoms with van der Waals surface area (Å²) < 4.78 is 1.26. The summed E-state index contributed by atoms with van der Waals surface area (Å²) >= 11 is 1.86. The first-order valence-corrected chi connectivity index (χ1v) is 25.7. The Morgan fingerprint density at radius 1 is 0.264 bits per heavy atom. The zero-order valence-electron chi connectivity index (χ0n) is 39.5. The number of fused-ring (bicyclic) bond motifs is 7. The smallest absolute Gasteiger partial charge is 0.0713 e. The van der Waals surface area contributed by atoms with E-state index in [2.05, 4.69) is 290 Å². The molecule has 0 saturated carbocycles. The summed E-state index contributed by atoms with van der Waals surface area (Å²) in [6, 6.07) is 106. The Kier molecular flexibility index (Phi) is 9.91. The van der Waals surface area contributed by atoms with Gasteiger partial charge in [-0.3, -0.25) is 0 Å². The van der Waals surface area contributed by atoms with Crippen LogP contribution in [0.2, 0.25) is 0 Å². The number of hydrogen-bond donors (Lipinski definition) is 0.